The number of aryl methyl sites for hydroxylation is 1. The summed E-state index contributed by atoms with van der Waals surface area (Å²) in [5.74, 6) is -0.00697. The summed E-state index contributed by atoms with van der Waals surface area (Å²) in [6.07, 6.45) is 0.988. The van der Waals surface area contributed by atoms with Crippen LogP contribution in [0.5, 0.6) is 0 Å². The molecule has 0 unspecified atom stereocenters. The van der Waals surface area contributed by atoms with Crippen LogP contribution < -0.4 is 5.32 Å². The molecule has 6 heteroatoms. The number of carbonyl (C=O) groups is 1. The van der Waals surface area contributed by atoms with E-state index in [2.05, 4.69) is 26.3 Å². The maximum atomic E-state index is 12.8. The van der Waals surface area contributed by atoms with Crippen molar-refractivity contribution in [3.8, 4) is 5.69 Å². The Morgan fingerprint density at radius 3 is 2.77 bits per heavy atom. The van der Waals surface area contributed by atoms with Gasteiger partial charge in [0.15, 0.2) is 0 Å². The van der Waals surface area contributed by atoms with Crippen molar-refractivity contribution >= 4 is 21.8 Å². The lowest BCUT2D eigenvalue weighted by atomic mass is 10.2. The molecule has 1 amide bonds. The largest absolute Gasteiger partial charge is 0.336 e. The number of halogens is 1. The van der Waals surface area contributed by atoms with Gasteiger partial charge in [0.1, 0.15) is 10.3 Å². The highest BCUT2D eigenvalue weighted by Crippen LogP contribution is 2.20. The van der Waals surface area contributed by atoms with Gasteiger partial charge in [-0.05, 0) is 48.0 Å². The number of likely N-dealkylation sites (N-methyl/N-ethyl adjacent to an activating group) is 1. The highest BCUT2D eigenvalue weighted by atomic mass is 79.9. The van der Waals surface area contributed by atoms with Gasteiger partial charge in [-0.15, -0.1) is 0 Å². The SMILES string of the molecule is Cc1ccc(-n2nc(Br)cc2C(=O)N(C)[C@@H]2CCNC2)cc1. The van der Waals surface area contributed by atoms with Gasteiger partial charge in [0.2, 0.25) is 0 Å². The molecule has 22 heavy (non-hydrogen) atoms. The Labute approximate surface area is 138 Å². The van der Waals surface area contributed by atoms with Crippen molar-refractivity contribution in [3.63, 3.8) is 0 Å². The summed E-state index contributed by atoms with van der Waals surface area (Å²) in [5, 5.41) is 7.70. The van der Waals surface area contributed by atoms with E-state index in [1.807, 2.05) is 43.1 Å². The van der Waals surface area contributed by atoms with Crippen LogP contribution in [0.4, 0.5) is 0 Å². The van der Waals surface area contributed by atoms with Crippen molar-refractivity contribution < 1.29 is 4.79 Å². The number of amides is 1. The lowest BCUT2D eigenvalue weighted by molar-refractivity contribution is 0.0734. The van der Waals surface area contributed by atoms with E-state index in [-0.39, 0.29) is 11.9 Å². The van der Waals surface area contributed by atoms with Gasteiger partial charge in [-0.1, -0.05) is 17.7 Å². The van der Waals surface area contributed by atoms with Crippen molar-refractivity contribution in [2.75, 3.05) is 20.1 Å². The highest BCUT2D eigenvalue weighted by Gasteiger charge is 2.27. The van der Waals surface area contributed by atoms with Gasteiger partial charge < -0.3 is 10.2 Å². The lowest BCUT2D eigenvalue weighted by Gasteiger charge is -2.24. The zero-order valence-corrected chi connectivity index (χ0v) is 14.3. The molecular weight excluding hydrogens is 344 g/mol. The van der Waals surface area contributed by atoms with Gasteiger partial charge in [-0.25, -0.2) is 4.68 Å². The third-order valence-corrected chi connectivity index (χ3v) is 4.47. The number of benzene rings is 1. The van der Waals surface area contributed by atoms with Crippen LogP contribution in [0.3, 0.4) is 0 Å². The molecule has 1 aliphatic heterocycles. The number of aromatic nitrogens is 2. The summed E-state index contributed by atoms with van der Waals surface area (Å²) in [7, 11) is 1.86. The molecular formula is C16H19BrN4O. The molecule has 1 aromatic carbocycles. The second-order valence-electron chi connectivity index (χ2n) is 5.66. The van der Waals surface area contributed by atoms with E-state index in [4.69, 9.17) is 0 Å². The first kappa shape index (κ1) is 15.2. The van der Waals surface area contributed by atoms with Gasteiger partial charge in [0.05, 0.1) is 5.69 Å². The van der Waals surface area contributed by atoms with Crippen molar-refractivity contribution in [1.29, 1.82) is 0 Å². The average Bonchev–Trinajstić information content (AvgIpc) is 3.16. The highest BCUT2D eigenvalue weighted by molar-refractivity contribution is 9.10. The minimum atomic E-state index is -0.00697. The van der Waals surface area contributed by atoms with Gasteiger partial charge in [-0.2, -0.15) is 5.10 Å². The fraction of sp³-hybridized carbons (Fsp3) is 0.375. The Morgan fingerprint density at radius 1 is 1.41 bits per heavy atom. The van der Waals surface area contributed by atoms with Crippen LogP contribution >= 0.6 is 15.9 Å². The molecule has 3 rings (SSSR count). The van der Waals surface area contributed by atoms with Crippen LogP contribution in [0.25, 0.3) is 5.69 Å². The smallest absolute Gasteiger partial charge is 0.272 e. The summed E-state index contributed by atoms with van der Waals surface area (Å²) in [6.45, 7) is 3.85. The van der Waals surface area contributed by atoms with E-state index in [0.29, 0.717) is 10.3 Å². The first-order valence-corrected chi connectivity index (χ1v) is 8.16. The van der Waals surface area contributed by atoms with Gasteiger partial charge >= 0.3 is 0 Å². The molecule has 1 atom stereocenters. The minimum absolute atomic E-state index is 0.00697. The summed E-state index contributed by atoms with van der Waals surface area (Å²) in [4.78, 5) is 14.6. The molecule has 116 valence electrons. The predicted molar refractivity (Wildman–Crippen MR) is 89.4 cm³/mol. The topological polar surface area (TPSA) is 50.2 Å². The molecule has 1 saturated heterocycles. The Hall–Kier alpha value is -1.66. The Bertz CT molecular complexity index is 674. The van der Waals surface area contributed by atoms with Gasteiger partial charge in [-0.3, -0.25) is 4.79 Å². The first-order valence-electron chi connectivity index (χ1n) is 7.37. The van der Waals surface area contributed by atoms with Crippen LogP contribution in [0, 0.1) is 6.92 Å². The Morgan fingerprint density at radius 2 is 2.14 bits per heavy atom. The van der Waals surface area contributed by atoms with E-state index in [0.717, 1.165) is 25.2 Å². The quantitative estimate of drug-likeness (QED) is 0.911. The molecule has 5 nitrogen and oxygen atoms in total. The van der Waals surface area contributed by atoms with Crippen LogP contribution in [0.2, 0.25) is 0 Å². The Balaban J connectivity index is 1.93. The molecule has 2 heterocycles. The second-order valence-corrected chi connectivity index (χ2v) is 6.47. The average molecular weight is 363 g/mol. The van der Waals surface area contributed by atoms with Crippen LogP contribution in [0.15, 0.2) is 34.9 Å². The predicted octanol–water partition coefficient (Wildman–Crippen LogP) is 2.38. The van der Waals surface area contributed by atoms with Gasteiger partial charge in [0.25, 0.3) is 5.91 Å². The van der Waals surface area contributed by atoms with Crippen molar-refractivity contribution in [3.05, 3.63) is 46.2 Å². The molecule has 2 aromatic rings. The standard InChI is InChI=1S/C16H19BrN4O/c1-11-3-5-12(6-4-11)21-14(9-15(17)19-21)16(22)20(2)13-7-8-18-10-13/h3-6,9,13,18H,7-8,10H2,1-2H3/t13-/m1/s1. The molecule has 0 spiro atoms. The van der Waals surface area contributed by atoms with Crippen molar-refractivity contribution in [2.45, 2.75) is 19.4 Å². The maximum Gasteiger partial charge on any atom is 0.272 e. The number of rotatable bonds is 3. The third kappa shape index (κ3) is 2.94. The molecule has 0 radical (unpaired) electrons. The fourth-order valence-electron chi connectivity index (χ4n) is 2.70. The van der Waals surface area contributed by atoms with Crippen molar-refractivity contribution in [2.24, 2.45) is 0 Å². The zero-order chi connectivity index (χ0) is 15.7. The summed E-state index contributed by atoms with van der Waals surface area (Å²) in [6, 6.07) is 10.0. The van der Waals surface area contributed by atoms with Crippen LogP contribution in [-0.4, -0.2) is 46.8 Å². The number of carbonyl (C=O) groups excluding carboxylic acids is 1. The normalized spacial score (nSPS) is 17.7. The lowest BCUT2D eigenvalue weighted by Crippen LogP contribution is -2.39. The monoisotopic (exact) mass is 362 g/mol. The molecule has 1 N–H and O–H groups in total. The second kappa shape index (κ2) is 6.22. The summed E-state index contributed by atoms with van der Waals surface area (Å²) >= 11 is 3.38. The molecule has 0 saturated carbocycles. The minimum Gasteiger partial charge on any atom is -0.336 e. The summed E-state index contributed by atoms with van der Waals surface area (Å²) < 4.78 is 2.36. The summed E-state index contributed by atoms with van der Waals surface area (Å²) in [5.41, 5.74) is 2.64. The molecule has 1 fully saturated rings. The van der Waals surface area contributed by atoms with E-state index in [1.54, 1.807) is 10.7 Å². The molecule has 1 aromatic heterocycles. The van der Waals surface area contributed by atoms with E-state index >= 15 is 0 Å². The van der Waals surface area contributed by atoms with Crippen LogP contribution in [0.1, 0.15) is 22.5 Å². The zero-order valence-electron chi connectivity index (χ0n) is 12.7. The van der Waals surface area contributed by atoms with E-state index in [1.165, 1.54) is 5.56 Å². The van der Waals surface area contributed by atoms with E-state index in [9.17, 15) is 4.79 Å². The van der Waals surface area contributed by atoms with Gasteiger partial charge in [0, 0.05) is 25.7 Å². The Kier molecular flexibility index (Phi) is 4.31. The number of nitrogens with zero attached hydrogens (tertiary/aromatic N) is 3. The number of hydrogen-bond donors (Lipinski definition) is 1. The number of nitrogens with one attached hydrogen (secondary N) is 1. The number of hydrogen-bond acceptors (Lipinski definition) is 3. The van der Waals surface area contributed by atoms with Crippen molar-refractivity contribution in [1.82, 2.24) is 20.0 Å². The molecule has 0 aliphatic carbocycles. The first-order chi connectivity index (χ1) is 10.6. The van der Waals surface area contributed by atoms with E-state index < -0.39 is 0 Å². The third-order valence-electron chi connectivity index (χ3n) is 4.08. The molecule has 1 aliphatic rings. The maximum absolute atomic E-state index is 12.8. The fourth-order valence-corrected chi connectivity index (χ4v) is 3.08. The van der Waals surface area contributed by atoms with Crippen LogP contribution in [-0.2, 0) is 0 Å². The molecule has 0 bridgehead atoms.